The number of nitrogens with zero attached hydrogens (tertiary/aromatic N) is 2. The molecule has 2 heterocycles. The average molecular weight is 348 g/mol. The van der Waals surface area contributed by atoms with Crippen molar-refractivity contribution in [1.29, 1.82) is 0 Å². The maximum atomic E-state index is 12.3. The third-order valence-corrected chi connectivity index (χ3v) is 4.91. The molecule has 1 aliphatic carbocycles. The highest BCUT2D eigenvalue weighted by Crippen LogP contribution is 2.37. The molecule has 0 unspecified atom stereocenters. The van der Waals surface area contributed by atoms with E-state index in [0.29, 0.717) is 23.7 Å². The number of hydrogen-bond donors (Lipinski definition) is 2. The number of carbonyl (C=O) groups is 2. The minimum atomic E-state index is -0.582. The van der Waals surface area contributed by atoms with Crippen molar-refractivity contribution in [3.05, 3.63) is 34.1 Å². The predicted octanol–water partition coefficient (Wildman–Crippen LogP) is 2.01. The number of hydrogen-bond acceptors (Lipinski definition) is 6. The van der Waals surface area contributed by atoms with Gasteiger partial charge in [-0.05, 0) is 24.3 Å². The van der Waals surface area contributed by atoms with Gasteiger partial charge in [-0.1, -0.05) is 24.9 Å². The Bertz CT molecular complexity index is 705. The summed E-state index contributed by atoms with van der Waals surface area (Å²) in [6, 6.07) is 1.72. The largest absolute Gasteiger partial charge is 0.343 e. The van der Waals surface area contributed by atoms with Crippen molar-refractivity contribution >= 4 is 23.2 Å². The van der Waals surface area contributed by atoms with Crippen molar-refractivity contribution in [2.24, 2.45) is 0 Å². The zero-order valence-electron chi connectivity index (χ0n) is 13.5. The van der Waals surface area contributed by atoms with Gasteiger partial charge in [0.25, 0.3) is 5.91 Å². The number of aromatic nitrogens is 2. The smallest absolute Gasteiger partial charge is 0.252 e. The molecule has 0 spiro atoms. The zero-order chi connectivity index (χ0) is 17.0. The summed E-state index contributed by atoms with van der Waals surface area (Å²) in [5, 5.41) is 13.3. The average Bonchev–Trinajstić information content (AvgIpc) is 3.32. The second kappa shape index (κ2) is 7.12. The molecule has 1 saturated carbocycles. The Morgan fingerprint density at radius 1 is 1.38 bits per heavy atom. The van der Waals surface area contributed by atoms with Gasteiger partial charge < -0.3 is 15.2 Å². The highest BCUT2D eigenvalue weighted by atomic mass is 32.1. The van der Waals surface area contributed by atoms with Crippen LogP contribution in [0.4, 0.5) is 0 Å². The van der Waals surface area contributed by atoms with Crippen LogP contribution in [-0.2, 0) is 16.8 Å². The van der Waals surface area contributed by atoms with Crippen LogP contribution in [0.3, 0.4) is 0 Å². The fourth-order valence-corrected chi connectivity index (χ4v) is 3.58. The number of thiophene rings is 1. The number of nitrogens with one attached hydrogen (secondary N) is 2. The van der Waals surface area contributed by atoms with Crippen molar-refractivity contribution in [1.82, 2.24) is 20.8 Å². The van der Waals surface area contributed by atoms with E-state index in [9.17, 15) is 9.59 Å². The Hall–Kier alpha value is -2.22. The van der Waals surface area contributed by atoms with Crippen LogP contribution in [0.15, 0.2) is 21.3 Å². The molecule has 0 aliphatic heterocycles. The normalized spacial score (nSPS) is 16.0. The van der Waals surface area contributed by atoms with Crippen LogP contribution in [0.25, 0.3) is 0 Å². The first-order valence-corrected chi connectivity index (χ1v) is 9.02. The SMILES string of the molecule is CCc1nc(C2(NC(=O)CNC(=O)c3ccsc3)CCCC2)no1. The molecule has 3 rings (SSSR count). The third-order valence-electron chi connectivity index (χ3n) is 4.23. The molecular formula is C16H20N4O3S. The van der Waals surface area contributed by atoms with Crippen LogP contribution in [0, 0.1) is 0 Å². The highest BCUT2D eigenvalue weighted by Gasteiger charge is 2.41. The fourth-order valence-electron chi connectivity index (χ4n) is 2.94. The van der Waals surface area contributed by atoms with Crippen molar-refractivity contribution in [3.8, 4) is 0 Å². The molecule has 0 radical (unpaired) electrons. The van der Waals surface area contributed by atoms with Crippen LogP contribution >= 0.6 is 11.3 Å². The first-order chi connectivity index (χ1) is 11.6. The monoisotopic (exact) mass is 348 g/mol. The van der Waals surface area contributed by atoms with Gasteiger partial charge in [-0.25, -0.2) is 0 Å². The Morgan fingerprint density at radius 2 is 2.17 bits per heavy atom. The van der Waals surface area contributed by atoms with Gasteiger partial charge in [0.05, 0.1) is 6.54 Å². The standard InChI is InChI=1S/C16H20N4O3S/c1-2-13-18-15(20-23-13)16(6-3-4-7-16)19-12(21)9-17-14(22)11-5-8-24-10-11/h5,8,10H,2-4,6-7,9H2,1H3,(H,17,22)(H,19,21). The van der Waals surface area contributed by atoms with Crippen molar-refractivity contribution in [2.75, 3.05) is 6.54 Å². The number of rotatable bonds is 6. The lowest BCUT2D eigenvalue weighted by Gasteiger charge is -2.26. The molecule has 2 N–H and O–H groups in total. The fraction of sp³-hybridized carbons (Fsp3) is 0.500. The first kappa shape index (κ1) is 16.6. The topological polar surface area (TPSA) is 97.1 Å². The summed E-state index contributed by atoms with van der Waals surface area (Å²) in [6.07, 6.45) is 4.21. The van der Waals surface area contributed by atoms with E-state index < -0.39 is 5.54 Å². The number of aryl methyl sites for hydroxylation is 1. The van der Waals surface area contributed by atoms with E-state index in [2.05, 4.69) is 20.8 Å². The Morgan fingerprint density at radius 3 is 2.79 bits per heavy atom. The zero-order valence-corrected chi connectivity index (χ0v) is 14.3. The van der Waals surface area contributed by atoms with Gasteiger partial charge in [-0.15, -0.1) is 0 Å². The second-order valence-electron chi connectivity index (χ2n) is 5.90. The van der Waals surface area contributed by atoms with Crippen LogP contribution in [0.5, 0.6) is 0 Å². The van der Waals surface area contributed by atoms with E-state index in [4.69, 9.17) is 4.52 Å². The summed E-state index contributed by atoms with van der Waals surface area (Å²) in [7, 11) is 0. The van der Waals surface area contributed by atoms with E-state index in [0.717, 1.165) is 25.7 Å². The highest BCUT2D eigenvalue weighted by molar-refractivity contribution is 7.08. The molecular weight excluding hydrogens is 328 g/mol. The van der Waals surface area contributed by atoms with Crippen LogP contribution < -0.4 is 10.6 Å². The molecule has 0 aromatic carbocycles. The van der Waals surface area contributed by atoms with E-state index in [-0.39, 0.29) is 18.4 Å². The van der Waals surface area contributed by atoms with Crippen LogP contribution in [-0.4, -0.2) is 28.5 Å². The lowest BCUT2D eigenvalue weighted by molar-refractivity contribution is -0.122. The van der Waals surface area contributed by atoms with E-state index >= 15 is 0 Å². The summed E-state index contributed by atoms with van der Waals surface area (Å²) >= 11 is 1.44. The van der Waals surface area contributed by atoms with Gasteiger partial charge in [-0.2, -0.15) is 16.3 Å². The van der Waals surface area contributed by atoms with E-state index in [1.165, 1.54) is 11.3 Å². The maximum absolute atomic E-state index is 12.3. The summed E-state index contributed by atoms with van der Waals surface area (Å²) in [6.45, 7) is 1.87. The van der Waals surface area contributed by atoms with Gasteiger partial charge >= 0.3 is 0 Å². The van der Waals surface area contributed by atoms with E-state index in [1.807, 2.05) is 12.3 Å². The summed E-state index contributed by atoms with van der Waals surface area (Å²) < 4.78 is 5.20. The molecule has 2 aromatic rings. The van der Waals surface area contributed by atoms with Gasteiger partial charge in [0.2, 0.25) is 11.8 Å². The number of carbonyl (C=O) groups excluding carboxylic acids is 2. The Labute approximate surface area is 143 Å². The molecule has 24 heavy (non-hydrogen) atoms. The Balaban J connectivity index is 1.63. The van der Waals surface area contributed by atoms with Crippen molar-refractivity contribution in [2.45, 2.75) is 44.6 Å². The molecule has 1 fully saturated rings. The van der Waals surface area contributed by atoms with Gasteiger partial charge in [0.1, 0.15) is 5.54 Å². The molecule has 1 aliphatic rings. The van der Waals surface area contributed by atoms with Gasteiger partial charge in [0, 0.05) is 17.4 Å². The summed E-state index contributed by atoms with van der Waals surface area (Å²) in [5.41, 5.74) is -0.0182. The first-order valence-electron chi connectivity index (χ1n) is 8.07. The van der Waals surface area contributed by atoms with Crippen molar-refractivity contribution in [3.63, 3.8) is 0 Å². The Kier molecular flexibility index (Phi) is 4.94. The minimum Gasteiger partial charge on any atom is -0.343 e. The summed E-state index contributed by atoms with van der Waals surface area (Å²) in [4.78, 5) is 28.6. The minimum absolute atomic E-state index is 0.0745. The molecule has 2 amide bonds. The molecule has 2 aromatic heterocycles. The molecule has 0 saturated heterocycles. The van der Waals surface area contributed by atoms with E-state index in [1.54, 1.807) is 11.4 Å². The molecule has 8 heteroatoms. The quantitative estimate of drug-likeness (QED) is 0.832. The summed E-state index contributed by atoms with van der Waals surface area (Å²) in [5.74, 6) is 0.605. The molecule has 7 nitrogen and oxygen atoms in total. The van der Waals surface area contributed by atoms with Crippen LogP contribution in [0.1, 0.15) is 54.7 Å². The van der Waals surface area contributed by atoms with Crippen LogP contribution in [0.2, 0.25) is 0 Å². The predicted molar refractivity (Wildman–Crippen MR) is 88.6 cm³/mol. The lowest BCUT2D eigenvalue weighted by atomic mass is 9.96. The van der Waals surface area contributed by atoms with Crippen molar-refractivity contribution < 1.29 is 14.1 Å². The van der Waals surface area contributed by atoms with Gasteiger partial charge in [0.15, 0.2) is 5.82 Å². The number of amides is 2. The molecule has 0 atom stereocenters. The maximum Gasteiger partial charge on any atom is 0.252 e. The molecule has 128 valence electrons. The van der Waals surface area contributed by atoms with Gasteiger partial charge in [-0.3, -0.25) is 9.59 Å². The molecule has 0 bridgehead atoms. The second-order valence-corrected chi connectivity index (χ2v) is 6.68. The third kappa shape index (κ3) is 3.48. The lowest BCUT2D eigenvalue weighted by Crippen LogP contribution is -2.48.